The lowest BCUT2D eigenvalue weighted by Gasteiger charge is -1.99. The average molecular weight is 242 g/mol. The van der Waals surface area contributed by atoms with Crippen molar-refractivity contribution in [2.75, 3.05) is 13.2 Å². The van der Waals surface area contributed by atoms with E-state index in [0.29, 0.717) is 13.2 Å². The predicted octanol–water partition coefficient (Wildman–Crippen LogP) is 3.22. The quantitative estimate of drug-likeness (QED) is 0.344. The number of aliphatic hydroxyl groups is 1. The molecule has 17 heavy (non-hydrogen) atoms. The molecular formula is C14H26O3. The minimum Gasteiger partial charge on any atom is -0.463 e. The number of rotatable bonds is 11. The van der Waals surface area contributed by atoms with E-state index in [9.17, 15) is 4.79 Å². The second kappa shape index (κ2) is 13.2. The molecule has 0 atom stereocenters. The van der Waals surface area contributed by atoms with Gasteiger partial charge in [-0.3, -0.25) is 0 Å². The normalized spacial score (nSPS) is 10.9. The van der Waals surface area contributed by atoms with Crippen molar-refractivity contribution in [2.45, 2.75) is 58.3 Å². The molecule has 0 rings (SSSR count). The van der Waals surface area contributed by atoms with Gasteiger partial charge in [0, 0.05) is 12.7 Å². The van der Waals surface area contributed by atoms with Gasteiger partial charge in [-0.15, -0.1) is 0 Å². The minimum absolute atomic E-state index is 0.239. The second-order valence-electron chi connectivity index (χ2n) is 4.14. The zero-order chi connectivity index (χ0) is 12.8. The second-order valence-corrected chi connectivity index (χ2v) is 4.14. The Balaban J connectivity index is 3.15. The summed E-state index contributed by atoms with van der Waals surface area (Å²) in [4.78, 5) is 10.9. The van der Waals surface area contributed by atoms with Gasteiger partial charge in [0.2, 0.25) is 0 Å². The number of carbonyl (C=O) groups excluding carboxylic acids is 1. The highest BCUT2D eigenvalue weighted by Crippen LogP contribution is 2.08. The molecule has 0 amide bonds. The van der Waals surface area contributed by atoms with E-state index in [-0.39, 0.29) is 5.97 Å². The fourth-order valence-corrected chi connectivity index (χ4v) is 1.63. The van der Waals surface area contributed by atoms with Gasteiger partial charge in [0.05, 0.1) is 6.61 Å². The SMILES string of the molecule is CCOC(=O)C=CCCCCCCCCCO. The number of carbonyl (C=O) groups is 1. The first kappa shape index (κ1) is 16.2. The molecule has 0 aliphatic carbocycles. The lowest BCUT2D eigenvalue weighted by molar-refractivity contribution is -0.137. The van der Waals surface area contributed by atoms with E-state index in [0.717, 1.165) is 25.7 Å². The molecular weight excluding hydrogens is 216 g/mol. The van der Waals surface area contributed by atoms with Gasteiger partial charge in [0.25, 0.3) is 0 Å². The van der Waals surface area contributed by atoms with Gasteiger partial charge in [-0.1, -0.05) is 38.2 Å². The maximum atomic E-state index is 10.9. The van der Waals surface area contributed by atoms with Crippen molar-refractivity contribution < 1.29 is 14.6 Å². The Kier molecular flexibility index (Phi) is 12.6. The summed E-state index contributed by atoms with van der Waals surface area (Å²) in [6.45, 7) is 2.57. The number of esters is 1. The highest BCUT2D eigenvalue weighted by Gasteiger charge is 1.93. The third-order valence-electron chi connectivity index (χ3n) is 2.57. The van der Waals surface area contributed by atoms with Crippen molar-refractivity contribution in [3.8, 4) is 0 Å². The molecule has 0 saturated carbocycles. The summed E-state index contributed by atoms with van der Waals surface area (Å²) in [6, 6.07) is 0. The number of unbranched alkanes of at least 4 members (excludes halogenated alkanes) is 7. The fourth-order valence-electron chi connectivity index (χ4n) is 1.63. The molecule has 100 valence electrons. The van der Waals surface area contributed by atoms with Crippen LogP contribution in [0.15, 0.2) is 12.2 Å². The van der Waals surface area contributed by atoms with Crippen molar-refractivity contribution >= 4 is 5.97 Å². The van der Waals surface area contributed by atoms with Crippen LogP contribution in [0, 0.1) is 0 Å². The summed E-state index contributed by atoms with van der Waals surface area (Å²) >= 11 is 0. The molecule has 0 aromatic heterocycles. The average Bonchev–Trinajstić information content (AvgIpc) is 2.32. The first-order valence-electron chi connectivity index (χ1n) is 6.75. The molecule has 0 saturated heterocycles. The van der Waals surface area contributed by atoms with Crippen LogP contribution in [0.1, 0.15) is 58.3 Å². The zero-order valence-electron chi connectivity index (χ0n) is 11.0. The third-order valence-corrected chi connectivity index (χ3v) is 2.57. The van der Waals surface area contributed by atoms with Crippen LogP contribution in [-0.4, -0.2) is 24.3 Å². The van der Waals surface area contributed by atoms with E-state index in [4.69, 9.17) is 9.84 Å². The van der Waals surface area contributed by atoms with Crippen LogP contribution in [0.3, 0.4) is 0 Å². The van der Waals surface area contributed by atoms with E-state index in [1.165, 1.54) is 31.8 Å². The van der Waals surface area contributed by atoms with Gasteiger partial charge in [0.15, 0.2) is 0 Å². The van der Waals surface area contributed by atoms with Crippen molar-refractivity contribution in [1.82, 2.24) is 0 Å². The van der Waals surface area contributed by atoms with Crippen LogP contribution in [0.5, 0.6) is 0 Å². The van der Waals surface area contributed by atoms with Crippen molar-refractivity contribution in [2.24, 2.45) is 0 Å². The van der Waals surface area contributed by atoms with Gasteiger partial charge in [-0.05, 0) is 26.2 Å². The minimum atomic E-state index is -0.239. The standard InChI is InChI=1S/C14H26O3/c1-2-17-14(16)12-10-8-6-4-3-5-7-9-11-13-15/h10,12,15H,2-9,11,13H2,1H3. The Morgan fingerprint density at radius 2 is 1.65 bits per heavy atom. The third kappa shape index (κ3) is 13.1. The Bertz CT molecular complexity index is 200. The molecule has 0 aliphatic rings. The summed E-state index contributed by atoms with van der Waals surface area (Å²) in [6.07, 6.45) is 12.5. The van der Waals surface area contributed by atoms with Gasteiger partial charge >= 0.3 is 5.97 Å². The maximum absolute atomic E-state index is 10.9. The van der Waals surface area contributed by atoms with Gasteiger partial charge < -0.3 is 9.84 Å². The van der Waals surface area contributed by atoms with E-state index < -0.39 is 0 Å². The summed E-state index contributed by atoms with van der Waals surface area (Å²) in [5.41, 5.74) is 0. The zero-order valence-corrected chi connectivity index (χ0v) is 11.0. The fraction of sp³-hybridized carbons (Fsp3) is 0.786. The molecule has 0 radical (unpaired) electrons. The Labute approximate surface area is 105 Å². The number of allylic oxidation sites excluding steroid dienone is 1. The molecule has 0 bridgehead atoms. The summed E-state index contributed by atoms with van der Waals surface area (Å²) in [5, 5.41) is 8.60. The lowest BCUT2D eigenvalue weighted by Crippen LogP contribution is -1.98. The molecule has 0 unspecified atom stereocenters. The Morgan fingerprint density at radius 3 is 2.24 bits per heavy atom. The number of hydrogen-bond acceptors (Lipinski definition) is 3. The molecule has 3 heteroatoms. The molecule has 0 heterocycles. The summed E-state index contributed by atoms with van der Waals surface area (Å²) < 4.78 is 4.78. The molecule has 3 nitrogen and oxygen atoms in total. The largest absolute Gasteiger partial charge is 0.463 e. The van der Waals surface area contributed by atoms with Crippen molar-refractivity contribution in [3.63, 3.8) is 0 Å². The lowest BCUT2D eigenvalue weighted by atomic mass is 10.1. The molecule has 0 spiro atoms. The van der Waals surface area contributed by atoms with Crippen LogP contribution in [0.25, 0.3) is 0 Å². The first-order chi connectivity index (χ1) is 8.31. The van der Waals surface area contributed by atoms with Gasteiger partial charge in [-0.2, -0.15) is 0 Å². The monoisotopic (exact) mass is 242 g/mol. The summed E-state index contributed by atoms with van der Waals surface area (Å²) in [5.74, 6) is -0.239. The number of aliphatic hydroxyl groups excluding tert-OH is 1. The van der Waals surface area contributed by atoms with Gasteiger partial charge in [0.1, 0.15) is 0 Å². The number of ether oxygens (including phenoxy) is 1. The summed E-state index contributed by atoms with van der Waals surface area (Å²) in [7, 11) is 0. The van der Waals surface area contributed by atoms with E-state index in [2.05, 4.69) is 0 Å². The van der Waals surface area contributed by atoms with Crippen LogP contribution in [-0.2, 0) is 9.53 Å². The smallest absolute Gasteiger partial charge is 0.330 e. The molecule has 0 aliphatic heterocycles. The van der Waals surface area contributed by atoms with Gasteiger partial charge in [-0.25, -0.2) is 4.79 Å². The van der Waals surface area contributed by atoms with Crippen LogP contribution in [0.4, 0.5) is 0 Å². The van der Waals surface area contributed by atoms with Crippen LogP contribution < -0.4 is 0 Å². The molecule has 0 aromatic carbocycles. The van der Waals surface area contributed by atoms with Crippen LogP contribution in [0.2, 0.25) is 0 Å². The Hall–Kier alpha value is -0.830. The highest BCUT2D eigenvalue weighted by molar-refractivity contribution is 5.81. The first-order valence-corrected chi connectivity index (χ1v) is 6.75. The maximum Gasteiger partial charge on any atom is 0.330 e. The van der Waals surface area contributed by atoms with Crippen LogP contribution >= 0.6 is 0 Å². The van der Waals surface area contributed by atoms with Crippen molar-refractivity contribution in [3.05, 3.63) is 12.2 Å². The van der Waals surface area contributed by atoms with Crippen molar-refractivity contribution in [1.29, 1.82) is 0 Å². The number of hydrogen-bond donors (Lipinski definition) is 1. The predicted molar refractivity (Wildman–Crippen MR) is 69.8 cm³/mol. The van der Waals surface area contributed by atoms with E-state index in [1.807, 2.05) is 13.0 Å². The molecule has 1 N–H and O–H groups in total. The topological polar surface area (TPSA) is 46.5 Å². The molecule has 0 aromatic rings. The molecule has 0 fully saturated rings. The highest BCUT2D eigenvalue weighted by atomic mass is 16.5. The Morgan fingerprint density at radius 1 is 1.06 bits per heavy atom. The van der Waals surface area contributed by atoms with E-state index in [1.54, 1.807) is 0 Å². The van der Waals surface area contributed by atoms with E-state index >= 15 is 0 Å².